The Labute approximate surface area is 238 Å². The van der Waals surface area contributed by atoms with Crippen molar-refractivity contribution in [2.75, 3.05) is 6.61 Å². The van der Waals surface area contributed by atoms with Gasteiger partial charge in [-0.05, 0) is 87.4 Å². The van der Waals surface area contributed by atoms with Crippen LogP contribution in [-0.2, 0) is 9.53 Å². The number of aromatic carboxylic acids is 1. The molecule has 4 aromatic rings. The minimum absolute atomic E-state index is 0.196. The zero-order chi connectivity index (χ0) is 28.7. The zero-order valence-corrected chi connectivity index (χ0v) is 23.8. The summed E-state index contributed by atoms with van der Waals surface area (Å²) in [6.07, 6.45) is 1.83. The smallest absolute Gasteiger partial charge is 0.338 e. The number of hydrogen-bond donors (Lipinski definition) is 1. The van der Waals surface area contributed by atoms with Crippen LogP contribution >= 0.6 is 22.9 Å². The molecule has 1 N–H and O–H groups in total. The van der Waals surface area contributed by atoms with Gasteiger partial charge in [-0.3, -0.25) is 9.36 Å². The van der Waals surface area contributed by atoms with E-state index in [0.29, 0.717) is 25.6 Å². The fourth-order valence-corrected chi connectivity index (χ4v) is 6.14. The van der Waals surface area contributed by atoms with E-state index in [2.05, 4.69) is 4.99 Å². The van der Waals surface area contributed by atoms with Gasteiger partial charge < -0.3 is 14.4 Å². The molecule has 3 heterocycles. The number of halogens is 1. The van der Waals surface area contributed by atoms with Crippen molar-refractivity contribution in [3.05, 3.63) is 119 Å². The van der Waals surface area contributed by atoms with Crippen molar-refractivity contribution in [3.63, 3.8) is 0 Å². The Kier molecular flexibility index (Phi) is 7.35. The molecular weight excluding hydrogens is 550 g/mol. The van der Waals surface area contributed by atoms with E-state index in [1.807, 2.05) is 30.6 Å². The lowest BCUT2D eigenvalue weighted by Gasteiger charge is -2.24. The second kappa shape index (κ2) is 10.7. The summed E-state index contributed by atoms with van der Waals surface area (Å²) in [6.45, 7) is 7.57. The van der Waals surface area contributed by atoms with Crippen molar-refractivity contribution in [2.24, 2.45) is 4.99 Å². The van der Waals surface area contributed by atoms with Gasteiger partial charge in [0.05, 0.1) is 34.0 Å². The van der Waals surface area contributed by atoms with E-state index in [1.54, 1.807) is 66.9 Å². The minimum Gasteiger partial charge on any atom is -0.478 e. The maximum atomic E-state index is 13.9. The van der Waals surface area contributed by atoms with Crippen LogP contribution in [0.3, 0.4) is 0 Å². The Morgan fingerprint density at radius 1 is 1.10 bits per heavy atom. The van der Waals surface area contributed by atoms with Gasteiger partial charge >= 0.3 is 11.9 Å². The standard InChI is InChI=1S/C30H26ClN3O5S/c1-5-39-29(38)25-17(3)32-30-34(26(25)19-6-10-22(31)11-7-19)27(35)24(40-30)15-21-14-16(2)33(18(21)4)23-12-8-20(9-13-23)28(36)37/h6-15,26H,5H2,1-4H3,(H,36,37)/b24-15+/t26-/m0/s1. The Morgan fingerprint density at radius 3 is 2.40 bits per heavy atom. The summed E-state index contributed by atoms with van der Waals surface area (Å²) >= 11 is 7.38. The third-order valence-corrected chi connectivity index (χ3v) is 8.07. The van der Waals surface area contributed by atoms with Crippen molar-refractivity contribution in [1.29, 1.82) is 0 Å². The highest BCUT2D eigenvalue weighted by molar-refractivity contribution is 7.07. The van der Waals surface area contributed by atoms with Gasteiger partial charge in [-0.2, -0.15) is 0 Å². The van der Waals surface area contributed by atoms with E-state index in [-0.39, 0.29) is 17.7 Å². The second-order valence-electron chi connectivity index (χ2n) is 9.37. The van der Waals surface area contributed by atoms with Gasteiger partial charge in [-0.15, -0.1) is 0 Å². The molecule has 1 aliphatic heterocycles. The molecule has 1 aliphatic rings. The third-order valence-electron chi connectivity index (χ3n) is 6.83. The summed E-state index contributed by atoms with van der Waals surface area (Å²) in [5.74, 6) is -1.50. The number of fused-ring (bicyclic) bond motifs is 1. The fourth-order valence-electron chi connectivity index (χ4n) is 4.98. The van der Waals surface area contributed by atoms with E-state index in [4.69, 9.17) is 16.3 Å². The molecule has 1 atom stereocenters. The molecule has 0 aliphatic carbocycles. The van der Waals surface area contributed by atoms with Crippen molar-refractivity contribution in [1.82, 2.24) is 9.13 Å². The first-order valence-corrected chi connectivity index (χ1v) is 13.8. The van der Waals surface area contributed by atoms with Crippen LogP contribution in [0.25, 0.3) is 11.8 Å². The van der Waals surface area contributed by atoms with E-state index in [0.717, 1.165) is 28.2 Å². The summed E-state index contributed by atoms with van der Waals surface area (Å²) in [4.78, 5) is 43.3. The number of carboxylic acid groups (broad SMARTS) is 1. The second-order valence-corrected chi connectivity index (χ2v) is 10.8. The molecule has 0 saturated carbocycles. The Morgan fingerprint density at radius 2 is 1.77 bits per heavy atom. The number of thiazole rings is 1. The highest BCUT2D eigenvalue weighted by Crippen LogP contribution is 2.31. The summed E-state index contributed by atoms with van der Waals surface area (Å²) in [7, 11) is 0. The predicted molar refractivity (Wildman–Crippen MR) is 154 cm³/mol. The normalized spacial score (nSPS) is 15.1. The molecule has 0 amide bonds. The first kappa shape index (κ1) is 27.4. The number of carbonyl (C=O) groups is 2. The molecular formula is C30H26ClN3O5S. The number of benzene rings is 2. The van der Waals surface area contributed by atoms with Crippen LogP contribution < -0.4 is 14.9 Å². The minimum atomic E-state index is -0.984. The number of aromatic nitrogens is 2. The molecule has 0 spiro atoms. The molecule has 204 valence electrons. The van der Waals surface area contributed by atoms with Gasteiger partial charge in [0.1, 0.15) is 0 Å². The van der Waals surface area contributed by atoms with Crippen molar-refractivity contribution in [3.8, 4) is 5.69 Å². The van der Waals surface area contributed by atoms with Gasteiger partial charge in [-0.25, -0.2) is 14.6 Å². The number of aryl methyl sites for hydroxylation is 1. The first-order valence-electron chi connectivity index (χ1n) is 12.6. The van der Waals surface area contributed by atoms with Crippen LogP contribution in [0.1, 0.15) is 52.8 Å². The van der Waals surface area contributed by atoms with E-state index < -0.39 is 18.0 Å². The van der Waals surface area contributed by atoms with E-state index in [1.165, 1.54) is 11.3 Å². The molecule has 10 heteroatoms. The monoisotopic (exact) mass is 575 g/mol. The van der Waals surface area contributed by atoms with Gasteiger partial charge in [0.2, 0.25) is 0 Å². The molecule has 0 unspecified atom stereocenters. The molecule has 2 aromatic heterocycles. The van der Waals surface area contributed by atoms with Gasteiger partial charge in [0.15, 0.2) is 4.80 Å². The molecule has 0 bridgehead atoms. The molecule has 8 nitrogen and oxygen atoms in total. The lowest BCUT2D eigenvalue weighted by molar-refractivity contribution is -0.139. The number of rotatable bonds is 6. The van der Waals surface area contributed by atoms with Gasteiger partial charge in [0, 0.05) is 22.1 Å². The molecule has 2 aromatic carbocycles. The topological polar surface area (TPSA) is 103 Å². The van der Waals surface area contributed by atoms with Crippen molar-refractivity contribution >= 4 is 41.0 Å². The van der Waals surface area contributed by atoms with Crippen LogP contribution in [0.5, 0.6) is 0 Å². The molecule has 40 heavy (non-hydrogen) atoms. The Hall–Kier alpha value is -4.21. The number of ether oxygens (including phenoxy) is 1. The van der Waals surface area contributed by atoms with Crippen LogP contribution in [0, 0.1) is 13.8 Å². The average molecular weight is 576 g/mol. The summed E-state index contributed by atoms with van der Waals surface area (Å²) in [5.41, 5.74) is 4.95. The lowest BCUT2D eigenvalue weighted by atomic mass is 9.96. The van der Waals surface area contributed by atoms with Crippen LogP contribution in [0.4, 0.5) is 0 Å². The first-order chi connectivity index (χ1) is 19.1. The Bertz CT molecular complexity index is 1860. The number of carbonyl (C=O) groups excluding carboxylic acids is 1. The van der Waals surface area contributed by atoms with Crippen molar-refractivity contribution in [2.45, 2.75) is 33.7 Å². The molecule has 0 radical (unpaired) electrons. The average Bonchev–Trinajstić information content (AvgIpc) is 3.37. The number of allylic oxidation sites excluding steroid dienone is 1. The van der Waals surface area contributed by atoms with Crippen LogP contribution in [-0.4, -0.2) is 32.8 Å². The molecule has 0 saturated heterocycles. The third kappa shape index (κ3) is 4.82. The number of esters is 1. The van der Waals surface area contributed by atoms with E-state index >= 15 is 0 Å². The Balaban J connectivity index is 1.66. The van der Waals surface area contributed by atoms with Gasteiger partial charge in [-0.1, -0.05) is 35.1 Å². The van der Waals surface area contributed by atoms with Crippen LogP contribution in [0.2, 0.25) is 5.02 Å². The molecule has 5 rings (SSSR count). The summed E-state index contributed by atoms with van der Waals surface area (Å²) in [5, 5.41) is 9.77. The lowest BCUT2D eigenvalue weighted by Crippen LogP contribution is -2.39. The summed E-state index contributed by atoms with van der Waals surface area (Å²) < 4.78 is 9.36. The quantitative estimate of drug-likeness (QED) is 0.340. The fraction of sp³-hybridized carbons (Fsp3) is 0.200. The summed E-state index contributed by atoms with van der Waals surface area (Å²) in [6, 6.07) is 14.9. The number of nitrogens with zero attached hydrogens (tertiary/aromatic N) is 3. The molecule has 0 fully saturated rings. The zero-order valence-electron chi connectivity index (χ0n) is 22.3. The number of carboxylic acids is 1. The largest absolute Gasteiger partial charge is 0.478 e. The van der Waals surface area contributed by atoms with Gasteiger partial charge in [0.25, 0.3) is 5.56 Å². The maximum Gasteiger partial charge on any atom is 0.338 e. The highest BCUT2D eigenvalue weighted by Gasteiger charge is 2.33. The number of hydrogen-bond acceptors (Lipinski definition) is 6. The van der Waals surface area contributed by atoms with Crippen molar-refractivity contribution < 1.29 is 19.4 Å². The maximum absolute atomic E-state index is 13.9. The predicted octanol–water partition coefficient (Wildman–Crippen LogP) is 4.56. The SMILES string of the molecule is CCOC(=O)C1=C(C)N=c2s/c(=C/c3cc(C)n(-c4ccc(C(=O)O)cc4)c3C)c(=O)n2[C@H]1c1ccc(Cl)cc1. The van der Waals surface area contributed by atoms with E-state index in [9.17, 15) is 19.5 Å². The van der Waals surface area contributed by atoms with Crippen LogP contribution in [0.15, 0.2) is 75.7 Å². The highest BCUT2D eigenvalue weighted by atomic mass is 35.5.